The number of carbonyl (C=O) groups is 2. The van der Waals surface area contributed by atoms with Crippen LogP contribution in [0.3, 0.4) is 0 Å². The minimum absolute atomic E-state index is 0.217. The van der Waals surface area contributed by atoms with E-state index >= 15 is 0 Å². The number of esters is 1. The predicted molar refractivity (Wildman–Crippen MR) is 119 cm³/mol. The lowest BCUT2D eigenvalue weighted by molar-refractivity contribution is 0.0474. The fourth-order valence-corrected chi connectivity index (χ4v) is 4.51. The summed E-state index contributed by atoms with van der Waals surface area (Å²) in [5.41, 5.74) is 8.71. The molecule has 0 aliphatic rings. The van der Waals surface area contributed by atoms with Gasteiger partial charge in [0.1, 0.15) is 0 Å². The second-order valence-corrected chi connectivity index (χ2v) is 8.39. The molecule has 30 heavy (non-hydrogen) atoms. The van der Waals surface area contributed by atoms with Crippen molar-refractivity contribution in [3.63, 3.8) is 0 Å². The molecule has 0 saturated heterocycles. The van der Waals surface area contributed by atoms with E-state index in [-0.39, 0.29) is 12.4 Å². The summed E-state index contributed by atoms with van der Waals surface area (Å²) in [7, 11) is 0. The standard InChI is InChI=1S/C24H22N2O3S/c1-14-7-15(2)9-19(8-14)26-16(3)10-20(17(26)4)22(27)12-29-24(28)18-5-6-21-23(11-18)30-13-25-21/h5-11,13H,12H2,1-4H3. The zero-order chi connectivity index (χ0) is 21.4. The summed E-state index contributed by atoms with van der Waals surface area (Å²) in [6.07, 6.45) is 0. The molecule has 0 spiro atoms. The van der Waals surface area contributed by atoms with Crippen molar-refractivity contribution in [3.8, 4) is 5.69 Å². The van der Waals surface area contributed by atoms with Gasteiger partial charge in [0.15, 0.2) is 6.61 Å². The van der Waals surface area contributed by atoms with E-state index in [0.717, 1.165) is 38.4 Å². The van der Waals surface area contributed by atoms with E-state index in [1.54, 1.807) is 23.7 Å². The molecular weight excluding hydrogens is 396 g/mol. The summed E-state index contributed by atoms with van der Waals surface area (Å²) in [5, 5.41) is 0. The van der Waals surface area contributed by atoms with Crippen molar-refractivity contribution < 1.29 is 14.3 Å². The number of ketones is 1. The Morgan fingerprint density at radius 3 is 2.47 bits per heavy atom. The van der Waals surface area contributed by atoms with E-state index in [2.05, 4.69) is 41.6 Å². The maximum atomic E-state index is 12.8. The topological polar surface area (TPSA) is 61.2 Å². The molecule has 0 atom stereocenters. The van der Waals surface area contributed by atoms with Crippen LogP contribution in [-0.2, 0) is 4.74 Å². The van der Waals surface area contributed by atoms with Gasteiger partial charge in [-0.1, -0.05) is 6.07 Å². The van der Waals surface area contributed by atoms with E-state index in [4.69, 9.17) is 4.74 Å². The third kappa shape index (κ3) is 3.78. The van der Waals surface area contributed by atoms with Crippen LogP contribution in [0.25, 0.3) is 15.9 Å². The molecule has 4 rings (SSSR count). The Morgan fingerprint density at radius 2 is 1.73 bits per heavy atom. The monoisotopic (exact) mass is 418 g/mol. The Labute approximate surface area is 178 Å². The van der Waals surface area contributed by atoms with Gasteiger partial charge in [0, 0.05) is 22.6 Å². The van der Waals surface area contributed by atoms with Crippen LogP contribution in [0.4, 0.5) is 0 Å². The van der Waals surface area contributed by atoms with Gasteiger partial charge in [-0.3, -0.25) is 4.79 Å². The number of nitrogens with zero attached hydrogens (tertiary/aromatic N) is 2. The lowest BCUT2D eigenvalue weighted by Crippen LogP contribution is -2.15. The lowest BCUT2D eigenvalue weighted by atomic mass is 10.1. The number of hydrogen-bond acceptors (Lipinski definition) is 5. The predicted octanol–water partition coefficient (Wildman–Crippen LogP) is 5.36. The van der Waals surface area contributed by atoms with E-state index < -0.39 is 5.97 Å². The van der Waals surface area contributed by atoms with Crippen molar-refractivity contribution in [2.24, 2.45) is 0 Å². The number of aryl methyl sites for hydroxylation is 3. The summed E-state index contributed by atoms with van der Waals surface area (Å²) in [5.74, 6) is -0.729. The fraction of sp³-hybridized carbons (Fsp3) is 0.208. The molecule has 5 nitrogen and oxygen atoms in total. The maximum Gasteiger partial charge on any atom is 0.338 e. The maximum absolute atomic E-state index is 12.8. The number of fused-ring (bicyclic) bond motifs is 1. The molecule has 0 N–H and O–H groups in total. The highest BCUT2D eigenvalue weighted by Crippen LogP contribution is 2.24. The quantitative estimate of drug-likeness (QED) is 0.323. The van der Waals surface area contributed by atoms with Crippen LogP contribution < -0.4 is 0 Å². The number of Topliss-reactive ketones (excluding diaryl/α,β-unsaturated/α-hetero) is 1. The van der Waals surface area contributed by atoms with Crippen LogP contribution in [0.5, 0.6) is 0 Å². The van der Waals surface area contributed by atoms with E-state index in [1.165, 1.54) is 11.3 Å². The lowest BCUT2D eigenvalue weighted by Gasteiger charge is -2.12. The molecule has 0 fully saturated rings. The van der Waals surface area contributed by atoms with Crippen LogP contribution in [0.1, 0.15) is 43.2 Å². The van der Waals surface area contributed by atoms with Gasteiger partial charge in [-0.2, -0.15) is 0 Å². The highest BCUT2D eigenvalue weighted by Gasteiger charge is 2.19. The van der Waals surface area contributed by atoms with Gasteiger partial charge in [-0.25, -0.2) is 9.78 Å². The van der Waals surface area contributed by atoms with E-state index in [1.807, 2.05) is 19.9 Å². The van der Waals surface area contributed by atoms with Crippen molar-refractivity contribution in [1.82, 2.24) is 9.55 Å². The molecule has 2 heterocycles. The highest BCUT2D eigenvalue weighted by atomic mass is 32.1. The van der Waals surface area contributed by atoms with Crippen LogP contribution in [0, 0.1) is 27.7 Å². The molecule has 2 aromatic carbocycles. The van der Waals surface area contributed by atoms with Crippen LogP contribution in [0.2, 0.25) is 0 Å². The van der Waals surface area contributed by atoms with E-state index in [9.17, 15) is 9.59 Å². The average molecular weight is 419 g/mol. The average Bonchev–Trinajstić information content (AvgIpc) is 3.28. The van der Waals surface area contributed by atoms with E-state index in [0.29, 0.717) is 11.1 Å². The SMILES string of the molecule is Cc1cc(C)cc(-n2c(C)cc(C(=O)COC(=O)c3ccc4ncsc4c3)c2C)c1. The summed E-state index contributed by atoms with van der Waals surface area (Å²) in [6.45, 7) is 7.70. The van der Waals surface area contributed by atoms with Gasteiger partial charge in [0.05, 0.1) is 21.3 Å². The number of thiazole rings is 1. The zero-order valence-corrected chi connectivity index (χ0v) is 18.2. The third-order valence-corrected chi connectivity index (χ3v) is 5.89. The molecule has 0 radical (unpaired) electrons. The zero-order valence-electron chi connectivity index (χ0n) is 17.4. The molecule has 0 bridgehead atoms. The first-order chi connectivity index (χ1) is 14.3. The van der Waals surface area contributed by atoms with Crippen molar-refractivity contribution in [1.29, 1.82) is 0 Å². The number of ether oxygens (including phenoxy) is 1. The Bertz CT molecular complexity index is 1260. The molecule has 152 valence electrons. The molecule has 0 aliphatic carbocycles. The Balaban J connectivity index is 1.53. The largest absolute Gasteiger partial charge is 0.454 e. The van der Waals surface area contributed by atoms with Gasteiger partial charge >= 0.3 is 5.97 Å². The molecular formula is C24H22N2O3S. The summed E-state index contributed by atoms with van der Waals surface area (Å²) in [4.78, 5) is 29.4. The Hall–Kier alpha value is -3.25. The molecule has 0 aliphatic heterocycles. The Kier molecular flexibility index (Phi) is 5.26. The molecule has 0 amide bonds. The number of benzene rings is 2. The Morgan fingerprint density at radius 1 is 1.00 bits per heavy atom. The minimum atomic E-state index is -0.512. The molecule has 6 heteroatoms. The van der Waals surface area contributed by atoms with Crippen molar-refractivity contribution in [3.05, 3.63) is 81.6 Å². The summed E-state index contributed by atoms with van der Waals surface area (Å²) < 4.78 is 8.28. The molecule has 2 aromatic heterocycles. The second-order valence-electron chi connectivity index (χ2n) is 7.50. The summed E-state index contributed by atoms with van der Waals surface area (Å²) in [6, 6.07) is 13.3. The fourth-order valence-electron chi connectivity index (χ4n) is 3.80. The minimum Gasteiger partial charge on any atom is -0.454 e. The third-order valence-electron chi connectivity index (χ3n) is 5.10. The van der Waals surface area contributed by atoms with Gasteiger partial charge in [-0.05, 0) is 75.2 Å². The van der Waals surface area contributed by atoms with Crippen LogP contribution in [-0.4, -0.2) is 27.9 Å². The molecule has 0 saturated carbocycles. The van der Waals surface area contributed by atoms with Crippen LogP contribution >= 0.6 is 11.3 Å². The van der Waals surface area contributed by atoms with Crippen molar-refractivity contribution in [2.75, 3.05) is 6.61 Å². The highest BCUT2D eigenvalue weighted by molar-refractivity contribution is 7.16. The summed E-state index contributed by atoms with van der Waals surface area (Å²) >= 11 is 1.46. The number of hydrogen-bond donors (Lipinski definition) is 0. The molecule has 0 unspecified atom stereocenters. The van der Waals surface area contributed by atoms with Gasteiger partial charge in [-0.15, -0.1) is 11.3 Å². The van der Waals surface area contributed by atoms with Gasteiger partial charge in [0.2, 0.25) is 5.78 Å². The van der Waals surface area contributed by atoms with Crippen molar-refractivity contribution >= 4 is 33.3 Å². The first-order valence-electron chi connectivity index (χ1n) is 9.64. The van der Waals surface area contributed by atoms with Gasteiger partial charge in [0.25, 0.3) is 0 Å². The first-order valence-corrected chi connectivity index (χ1v) is 10.5. The van der Waals surface area contributed by atoms with Crippen molar-refractivity contribution in [2.45, 2.75) is 27.7 Å². The first kappa shape index (κ1) is 20.0. The number of carbonyl (C=O) groups excluding carboxylic acids is 2. The number of aromatic nitrogens is 2. The van der Waals surface area contributed by atoms with Gasteiger partial charge < -0.3 is 9.30 Å². The number of rotatable bonds is 5. The normalized spacial score (nSPS) is 11.1. The smallest absolute Gasteiger partial charge is 0.338 e. The molecule has 4 aromatic rings. The second kappa shape index (κ2) is 7.88. The van der Waals surface area contributed by atoms with Crippen LogP contribution in [0.15, 0.2) is 48.0 Å².